The molecule has 290 valence electrons. The zero-order valence-corrected chi connectivity index (χ0v) is 33.7. The molecule has 0 fully saturated rings. The standard InChI is InChI=1S/C59H38N2O/c1-3-23-41(24-4-1)60(50-34-15-21-39-19-7-9-27-43(39)50)52-36-17-32-48-55(52)45-29-11-13-31-47(45)59(48)49-33-18-37-53(57(49)56-46-30-12-14-38-54(46)62-58(56)59)61(42-25-5-2-6-26-42)51-35-16-22-40-20-8-10-28-44(40)51/h1-38H. The summed E-state index contributed by atoms with van der Waals surface area (Å²) in [4.78, 5) is 4.92. The normalized spacial score (nSPS) is 14.5. The SMILES string of the molecule is c1ccc(N(c2cccc3c2-c2ccccc2C32c3cccc(N(c4ccccc4)c4cccc5ccccc45)c3-c3c2oc2ccccc32)c2cccc3ccccc23)cc1. The summed E-state index contributed by atoms with van der Waals surface area (Å²) in [6.45, 7) is 0. The predicted molar refractivity (Wildman–Crippen MR) is 257 cm³/mol. The Morgan fingerprint density at radius 2 is 0.742 bits per heavy atom. The van der Waals surface area contributed by atoms with Gasteiger partial charge in [-0.3, -0.25) is 0 Å². The van der Waals surface area contributed by atoms with Crippen LogP contribution in [0.1, 0.15) is 22.5 Å². The van der Waals surface area contributed by atoms with Gasteiger partial charge in [0.25, 0.3) is 0 Å². The molecule has 0 bridgehead atoms. The summed E-state index contributed by atoms with van der Waals surface area (Å²) in [5.41, 5.74) is 15.2. The fourth-order valence-electron chi connectivity index (χ4n) is 10.8. The number of para-hydroxylation sites is 3. The first-order valence-electron chi connectivity index (χ1n) is 21.4. The number of hydrogen-bond donors (Lipinski definition) is 0. The maximum absolute atomic E-state index is 7.36. The lowest BCUT2D eigenvalue weighted by atomic mass is 9.73. The Morgan fingerprint density at radius 3 is 1.37 bits per heavy atom. The second kappa shape index (κ2) is 13.4. The first-order chi connectivity index (χ1) is 30.8. The van der Waals surface area contributed by atoms with E-state index in [1.54, 1.807) is 0 Å². The molecule has 2 aliphatic carbocycles. The van der Waals surface area contributed by atoms with Gasteiger partial charge in [-0.25, -0.2) is 0 Å². The van der Waals surface area contributed by atoms with E-state index in [0.717, 1.165) is 56.4 Å². The van der Waals surface area contributed by atoms with E-state index in [1.807, 2.05) is 0 Å². The summed E-state index contributed by atoms with van der Waals surface area (Å²) in [6.07, 6.45) is 0. The highest BCUT2D eigenvalue weighted by molar-refractivity contribution is 6.12. The molecule has 1 aromatic heterocycles. The van der Waals surface area contributed by atoms with Crippen molar-refractivity contribution in [2.24, 2.45) is 0 Å². The Morgan fingerprint density at radius 1 is 0.306 bits per heavy atom. The minimum Gasteiger partial charge on any atom is -0.459 e. The van der Waals surface area contributed by atoms with E-state index in [0.29, 0.717) is 0 Å². The number of fused-ring (bicyclic) bond motifs is 14. The Hall–Kier alpha value is -8.14. The Balaban J connectivity index is 1.15. The van der Waals surface area contributed by atoms with Gasteiger partial charge in [-0.2, -0.15) is 0 Å². The minimum absolute atomic E-state index is 0.746. The van der Waals surface area contributed by atoms with Crippen molar-refractivity contribution in [3.8, 4) is 22.3 Å². The highest BCUT2D eigenvalue weighted by atomic mass is 16.3. The van der Waals surface area contributed by atoms with Crippen LogP contribution in [0.2, 0.25) is 0 Å². The van der Waals surface area contributed by atoms with Crippen LogP contribution in [0, 0.1) is 0 Å². The van der Waals surface area contributed by atoms with Crippen molar-refractivity contribution >= 4 is 66.6 Å². The van der Waals surface area contributed by atoms with E-state index >= 15 is 0 Å². The molecule has 0 aliphatic heterocycles. The number of rotatable bonds is 6. The molecule has 2 aliphatic rings. The fraction of sp³-hybridized carbons (Fsp3) is 0.0169. The van der Waals surface area contributed by atoms with Crippen LogP contribution in [0.4, 0.5) is 34.1 Å². The van der Waals surface area contributed by atoms with Gasteiger partial charge < -0.3 is 14.2 Å². The summed E-state index contributed by atoms with van der Waals surface area (Å²) in [5.74, 6) is 0.965. The number of furan rings is 1. The van der Waals surface area contributed by atoms with Crippen molar-refractivity contribution in [2.45, 2.75) is 5.41 Å². The molecule has 11 aromatic rings. The number of nitrogens with zero attached hydrogens (tertiary/aromatic N) is 2. The predicted octanol–water partition coefficient (Wildman–Crippen LogP) is 16.0. The first-order valence-corrected chi connectivity index (χ1v) is 21.4. The van der Waals surface area contributed by atoms with Gasteiger partial charge in [0.05, 0.1) is 22.7 Å². The van der Waals surface area contributed by atoms with Crippen LogP contribution in [-0.4, -0.2) is 0 Å². The molecule has 0 N–H and O–H groups in total. The zero-order valence-electron chi connectivity index (χ0n) is 33.7. The van der Waals surface area contributed by atoms with Crippen LogP contribution in [0.5, 0.6) is 0 Å². The van der Waals surface area contributed by atoms with Gasteiger partial charge in [-0.05, 0) is 87.6 Å². The molecule has 1 spiro atoms. The van der Waals surface area contributed by atoms with Crippen molar-refractivity contribution in [1.82, 2.24) is 0 Å². The summed E-state index contributed by atoms with van der Waals surface area (Å²) < 4.78 is 7.36. The Kier molecular flexibility index (Phi) is 7.52. The van der Waals surface area contributed by atoms with Crippen molar-refractivity contribution in [1.29, 1.82) is 0 Å². The molecule has 62 heavy (non-hydrogen) atoms. The van der Waals surface area contributed by atoms with E-state index < -0.39 is 5.41 Å². The van der Waals surface area contributed by atoms with E-state index in [4.69, 9.17) is 4.42 Å². The van der Waals surface area contributed by atoms with E-state index in [9.17, 15) is 0 Å². The summed E-state index contributed by atoms with van der Waals surface area (Å²) in [6, 6.07) is 83.7. The van der Waals surface area contributed by atoms with Gasteiger partial charge in [0.1, 0.15) is 16.8 Å². The summed E-state index contributed by atoms with van der Waals surface area (Å²) >= 11 is 0. The molecular weight excluding hydrogens is 753 g/mol. The van der Waals surface area contributed by atoms with Crippen molar-refractivity contribution in [2.75, 3.05) is 9.80 Å². The third-order valence-corrected chi connectivity index (χ3v) is 13.2. The quantitative estimate of drug-likeness (QED) is 0.167. The maximum Gasteiger partial charge on any atom is 0.135 e. The molecular formula is C59H38N2O. The largest absolute Gasteiger partial charge is 0.459 e. The molecule has 13 rings (SSSR count). The molecule has 1 heterocycles. The van der Waals surface area contributed by atoms with E-state index in [2.05, 4.69) is 240 Å². The van der Waals surface area contributed by atoms with Crippen LogP contribution in [0.15, 0.2) is 235 Å². The van der Waals surface area contributed by atoms with Crippen LogP contribution in [-0.2, 0) is 5.41 Å². The minimum atomic E-state index is -0.746. The van der Waals surface area contributed by atoms with Gasteiger partial charge in [0, 0.05) is 44.2 Å². The molecule has 1 unspecified atom stereocenters. The smallest absolute Gasteiger partial charge is 0.135 e. The summed E-state index contributed by atoms with van der Waals surface area (Å²) in [7, 11) is 0. The third kappa shape index (κ3) is 4.76. The van der Waals surface area contributed by atoms with Gasteiger partial charge in [0.15, 0.2) is 0 Å². The Labute approximate surface area is 360 Å². The second-order valence-electron chi connectivity index (χ2n) is 16.3. The van der Waals surface area contributed by atoms with E-state index in [-0.39, 0.29) is 0 Å². The van der Waals surface area contributed by atoms with E-state index in [1.165, 1.54) is 54.9 Å². The lowest BCUT2D eigenvalue weighted by molar-refractivity contribution is 0.507. The van der Waals surface area contributed by atoms with Gasteiger partial charge >= 0.3 is 0 Å². The molecule has 1 atom stereocenters. The number of hydrogen-bond acceptors (Lipinski definition) is 3. The van der Waals surface area contributed by atoms with Crippen LogP contribution >= 0.6 is 0 Å². The van der Waals surface area contributed by atoms with Crippen LogP contribution in [0.3, 0.4) is 0 Å². The van der Waals surface area contributed by atoms with Crippen LogP contribution < -0.4 is 9.80 Å². The van der Waals surface area contributed by atoms with Gasteiger partial charge in [-0.1, -0.05) is 176 Å². The summed E-state index contributed by atoms with van der Waals surface area (Å²) in [5, 5.41) is 5.90. The molecule has 10 aromatic carbocycles. The Bertz CT molecular complexity index is 3540. The average molecular weight is 791 g/mol. The average Bonchev–Trinajstić information content (AvgIpc) is 3.97. The maximum atomic E-state index is 7.36. The highest BCUT2D eigenvalue weighted by Gasteiger charge is 2.56. The molecule has 0 saturated carbocycles. The van der Waals surface area contributed by atoms with Crippen molar-refractivity contribution in [3.05, 3.63) is 253 Å². The van der Waals surface area contributed by atoms with Crippen molar-refractivity contribution < 1.29 is 4.42 Å². The lowest BCUT2D eigenvalue weighted by Gasteiger charge is -2.32. The number of anilines is 6. The topological polar surface area (TPSA) is 19.6 Å². The monoisotopic (exact) mass is 790 g/mol. The molecule has 0 amide bonds. The zero-order chi connectivity index (χ0) is 40.8. The fourth-order valence-corrected chi connectivity index (χ4v) is 10.8. The lowest BCUT2D eigenvalue weighted by Crippen LogP contribution is -2.26. The third-order valence-electron chi connectivity index (χ3n) is 13.2. The van der Waals surface area contributed by atoms with Gasteiger partial charge in [0.2, 0.25) is 0 Å². The second-order valence-corrected chi connectivity index (χ2v) is 16.3. The first kappa shape index (κ1) is 34.7. The number of benzene rings is 10. The van der Waals surface area contributed by atoms with Crippen LogP contribution in [0.25, 0.3) is 54.8 Å². The van der Waals surface area contributed by atoms with Crippen molar-refractivity contribution in [3.63, 3.8) is 0 Å². The highest BCUT2D eigenvalue weighted by Crippen LogP contribution is 2.68. The van der Waals surface area contributed by atoms with Gasteiger partial charge in [-0.15, -0.1) is 0 Å². The molecule has 3 nitrogen and oxygen atoms in total. The molecule has 0 radical (unpaired) electrons. The molecule has 3 heteroatoms. The molecule has 0 saturated heterocycles.